The molecule has 2 aliphatic rings. The van der Waals surface area contributed by atoms with Crippen LogP contribution in [-0.4, -0.2) is 85.4 Å². The summed E-state index contributed by atoms with van der Waals surface area (Å²) in [5.41, 5.74) is 0. The number of hydrogen-bond donors (Lipinski definition) is 2. The summed E-state index contributed by atoms with van der Waals surface area (Å²) in [6.45, 7) is 7.88. The van der Waals surface area contributed by atoms with Crippen molar-refractivity contribution < 1.29 is 14.6 Å². The number of amides is 1. The van der Waals surface area contributed by atoms with Crippen molar-refractivity contribution in [2.75, 3.05) is 52.5 Å². The smallest absolute Gasteiger partial charge is 0.239 e. The summed E-state index contributed by atoms with van der Waals surface area (Å²) in [7, 11) is 0. The van der Waals surface area contributed by atoms with Gasteiger partial charge in [0.2, 0.25) is 5.91 Å². The van der Waals surface area contributed by atoms with Crippen LogP contribution in [0.5, 0.6) is 0 Å². The number of aliphatic hydroxyl groups is 1. The Morgan fingerprint density at radius 1 is 1.39 bits per heavy atom. The third kappa shape index (κ3) is 3.20. The molecular weight excluding hydrogens is 234 g/mol. The van der Waals surface area contributed by atoms with Crippen LogP contribution in [0.25, 0.3) is 0 Å². The van der Waals surface area contributed by atoms with E-state index in [-0.39, 0.29) is 18.6 Å². The summed E-state index contributed by atoms with van der Waals surface area (Å²) in [5.74, 6) is -0.0578. The van der Waals surface area contributed by atoms with Crippen LogP contribution in [0, 0.1) is 0 Å². The highest BCUT2D eigenvalue weighted by molar-refractivity contribution is 5.82. The Labute approximate surface area is 108 Å². The lowest BCUT2D eigenvalue weighted by Crippen LogP contribution is -2.62. The van der Waals surface area contributed by atoms with E-state index in [1.807, 2.05) is 0 Å². The van der Waals surface area contributed by atoms with Crippen LogP contribution in [0.15, 0.2) is 0 Å². The number of nitrogens with one attached hydrogen (secondary N) is 1. The SMILES string of the molecule is CC1CNC(=O)C(CO)N1CCN1CCOCC1. The van der Waals surface area contributed by atoms with Gasteiger partial charge in [-0.1, -0.05) is 0 Å². The summed E-state index contributed by atoms with van der Waals surface area (Å²) in [6, 6.07) is -0.115. The van der Waals surface area contributed by atoms with E-state index < -0.39 is 6.04 Å². The first kappa shape index (κ1) is 13.7. The third-order valence-electron chi connectivity index (χ3n) is 3.79. The van der Waals surface area contributed by atoms with Gasteiger partial charge in [-0.05, 0) is 6.92 Å². The zero-order valence-electron chi connectivity index (χ0n) is 11.0. The Balaban J connectivity index is 1.86. The van der Waals surface area contributed by atoms with Crippen LogP contribution >= 0.6 is 0 Å². The molecule has 104 valence electrons. The number of hydrogen-bond acceptors (Lipinski definition) is 5. The van der Waals surface area contributed by atoms with Crippen molar-refractivity contribution in [1.82, 2.24) is 15.1 Å². The van der Waals surface area contributed by atoms with Crippen LogP contribution in [0.1, 0.15) is 6.92 Å². The second-order valence-corrected chi connectivity index (χ2v) is 4.98. The zero-order valence-corrected chi connectivity index (χ0v) is 11.0. The molecule has 0 spiro atoms. The number of carbonyl (C=O) groups is 1. The van der Waals surface area contributed by atoms with Gasteiger partial charge in [0.15, 0.2) is 0 Å². The minimum absolute atomic E-state index is 0.0578. The van der Waals surface area contributed by atoms with E-state index in [0.717, 1.165) is 39.4 Å². The molecule has 2 atom stereocenters. The normalized spacial score (nSPS) is 31.3. The van der Waals surface area contributed by atoms with Crippen molar-refractivity contribution in [3.8, 4) is 0 Å². The standard InChI is InChI=1S/C12H23N3O3/c1-10-8-13-12(17)11(9-16)15(10)3-2-14-4-6-18-7-5-14/h10-11,16H,2-9H2,1H3,(H,13,17). The highest BCUT2D eigenvalue weighted by Crippen LogP contribution is 2.11. The zero-order chi connectivity index (χ0) is 13.0. The van der Waals surface area contributed by atoms with E-state index >= 15 is 0 Å². The number of piperazine rings is 1. The molecule has 6 nitrogen and oxygen atoms in total. The molecule has 1 amide bonds. The van der Waals surface area contributed by atoms with Gasteiger partial charge in [0.05, 0.1) is 19.8 Å². The van der Waals surface area contributed by atoms with E-state index in [1.54, 1.807) is 0 Å². The molecule has 6 heteroatoms. The predicted octanol–water partition coefficient (Wildman–Crippen LogP) is -1.50. The number of carbonyl (C=O) groups excluding carboxylic acids is 1. The van der Waals surface area contributed by atoms with E-state index in [1.165, 1.54) is 0 Å². The van der Waals surface area contributed by atoms with Crippen molar-refractivity contribution >= 4 is 5.91 Å². The minimum Gasteiger partial charge on any atom is -0.394 e. The average molecular weight is 257 g/mol. The predicted molar refractivity (Wildman–Crippen MR) is 67.3 cm³/mol. The number of rotatable bonds is 4. The minimum atomic E-state index is -0.394. The molecule has 2 heterocycles. The van der Waals surface area contributed by atoms with Crippen molar-refractivity contribution in [2.45, 2.75) is 19.0 Å². The molecule has 0 radical (unpaired) electrons. The second kappa shape index (κ2) is 6.47. The number of morpholine rings is 1. The summed E-state index contributed by atoms with van der Waals surface area (Å²) < 4.78 is 5.31. The maximum atomic E-state index is 11.7. The molecule has 0 aromatic carbocycles. The molecule has 0 aromatic rings. The first-order chi connectivity index (χ1) is 8.72. The van der Waals surface area contributed by atoms with E-state index in [2.05, 4.69) is 22.0 Å². The topological polar surface area (TPSA) is 65.0 Å². The lowest BCUT2D eigenvalue weighted by Gasteiger charge is -2.40. The number of nitrogens with zero attached hydrogens (tertiary/aromatic N) is 2. The fraction of sp³-hybridized carbons (Fsp3) is 0.917. The Hall–Kier alpha value is -0.690. The van der Waals surface area contributed by atoms with Crippen molar-refractivity contribution in [2.24, 2.45) is 0 Å². The summed E-state index contributed by atoms with van der Waals surface area (Å²) in [6.07, 6.45) is 0. The van der Waals surface area contributed by atoms with Crippen molar-refractivity contribution in [3.63, 3.8) is 0 Å². The van der Waals surface area contributed by atoms with Gasteiger partial charge >= 0.3 is 0 Å². The van der Waals surface area contributed by atoms with Gasteiger partial charge < -0.3 is 15.2 Å². The first-order valence-corrected chi connectivity index (χ1v) is 6.67. The molecule has 0 aliphatic carbocycles. The van der Waals surface area contributed by atoms with Gasteiger partial charge in [-0.25, -0.2) is 0 Å². The largest absolute Gasteiger partial charge is 0.394 e. The van der Waals surface area contributed by atoms with Gasteiger partial charge in [-0.2, -0.15) is 0 Å². The highest BCUT2D eigenvalue weighted by atomic mass is 16.5. The quantitative estimate of drug-likeness (QED) is 0.642. The van der Waals surface area contributed by atoms with Gasteiger partial charge in [0.25, 0.3) is 0 Å². The van der Waals surface area contributed by atoms with Crippen LogP contribution in [-0.2, 0) is 9.53 Å². The Kier molecular flexibility index (Phi) is 4.94. The van der Waals surface area contributed by atoms with Gasteiger partial charge in [0.1, 0.15) is 6.04 Å². The molecule has 2 N–H and O–H groups in total. The fourth-order valence-corrected chi connectivity index (χ4v) is 2.59. The lowest BCUT2D eigenvalue weighted by molar-refractivity contribution is -0.132. The van der Waals surface area contributed by atoms with Gasteiger partial charge in [-0.3, -0.25) is 14.6 Å². The molecule has 0 bridgehead atoms. The molecule has 0 saturated carbocycles. The van der Waals surface area contributed by atoms with Crippen LogP contribution in [0.3, 0.4) is 0 Å². The maximum Gasteiger partial charge on any atom is 0.239 e. The second-order valence-electron chi connectivity index (χ2n) is 4.98. The third-order valence-corrected chi connectivity index (χ3v) is 3.79. The van der Waals surface area contributed by atoms with Crippen LogP contribution < -0.4 is 5.32 Å². The molecule has 0 aromatic heterocycles. The summed E-state index contributed by atoms with van der Waals surface area (Å²) in [5, 5.41) is 12.2. The van der Waals surface area contributed by atoms with Gasteiger partial charge in [0, 0.05) is 38.8 Å². The van der Waals surface area contributed by atoms with E-state index in [0.29, 0.717) is 6.54 Å². The Morgan fingerprint density at radius 3 is 2.78 bits per heavy atom. The van der Waals surface area contributed by atoms with Gasteiger partial charge in [-0.15, -0.1) is 0 Å². The van der Waals surface area contributed by atoms with Crippen LogP contribution in [0.4, 0.5) is 0 Å². The Morgan fingerprint density at radius 2 is 2.11 bits per heavy atom. The van der Waals surface area contributed by atoms with Crippen molar-refractivity contribution in [1.29, 1.82) is 0 Å². The monoisotopic (exact) mass is 257 g/mol. The van der Waals surface area contributed by atoms with Crippen molar-refractivity contribution in [3.05, 3.63) is 0 Å². The molecule has 2 rings (SSSR count). The highest BCUT2D eigenvalue weighted by Gasteiger charge is 2.33. The summed E-state index contributed by atoms with van der Waals surface area (Å²) in [4.78, 5) is 16.1. The number of ether oxygens (including phenoxy) is 1. The molecule has 2 fully saturated rings. The number of aliphatic hydroxyl groups excluding tert-OH is 1. The molecular formula is C12H23N3O3. The maximum absolute atomic E-state index is 11.7. The Bertz CT molecular complexity index is 282. The van der Waals surface area contributed by atoms with Crippen LogP contribution in [0.2, 0.25) is 0 Å². The van der Waals surface area contributed by atoms with E-state index in [4.69, 9.17) is 4.74 Å². The molecule has 2 aliphatic heterocycles. The molecule has 18 heavy (non-hydrogen) atoms. The molecule has 2 unspecified atom stereocenters. The molecule has 2 saturated heterocycles. The summed E-state index contributed by atoms with van der Waals surface area (Å²) >= 11 is 0. The average Bonchev–Trinajstić information content (AvgIpc) is 2.41. The fourth-order valence-electron chi connectivity index (χ4n) is 2.59. The van der Waals surface area contributed by atoms with E-state index in [9.17, 15) is 9.90 Å². The lowest BCUT2D eigenvalue weighted by atomic mass is 10.1. The first-order valence-electron chi connectivity index (χ1n) is 6.67.